The van der Waals surface area contributed by atoms with Crippen LogP contribution in [-0.2, 0) is 4.79 Å². The zero-order valence-corrected chi connectivity index (χ0v) is 18.1. The average molecular weight is 456 g/mol. The van der Waals surface area contributed by atoms with E-state index in [4.69, 9.17) is 9.47 Å². The zero-order valence-electron chi connectivity index (χ0n) is 17.3. The topological polar surface area (TPSA) is 93.7 Å². The molecule has 2 aromatic carbocycles. The van der Waals surface area contributed by atoms with E-state index in [2.05, 4.69) is 15.5 Å². The van der Waals surface area contributed by atoms with Crippen molar-refractivity contribution in [2.75, 3.05) is 25.6 Å². The monoisotopic (exact) mass is 456 g/mol. The van der Waals surface area contributed by atoms with Gasteiger partial charge < -0.3 is 19.7 Å². The maximum absolute atomic E-state index is 13.0. The zero-order chi connectivity index (χ0) is 22.5. The van der Waals surface area contributed by atoms with Crippen molar-refractivity contribution in [1.82, 2.24) is 15.1 Å². The van der Waals surface area contributed by atoms with Gasteiger partial charge in [0.2, 0.25) is 5.01 Å². The molecule has 1 aliphatic rings. The summed E-state index contributed by atoms with van der Waals surface area (Å²) in [5.74, 6) is 0.308. The quantitative estimate of drug-likeness (QED) is 0.583. The highest BCUT2D eigenvalue weighted by Gasteiger charge is 2.33. The summed E-state index contributed by atoms with van der Waals surface area (Å²) in [6.07, 6.45) is 1.57. The number of benzene rings is 2. The summed E-state index contributed by atoms with van der Waals surface area (Å²) < 4.78 is 23.7. The number of nitrogens with zero attached hydrogens (tertiary/aromatic N) is 3. The van der Waals surface area contributed by atoms with Gasteiger partial charge in [-0.3, -0.25) is 9.59 Å². The standard InChI is InChI=1S/C22H21FN4O4S/c1-30-16-8-10-17(11-9-16)31-13-19(28)27-12-2-3-18(27)21-25-26-22(32-21)20(29)24-15-6-4-14(23)5-7-15/h4-11,18H,2-3,12-13H2,1H3,(H,24,29)/t18-/m0/s1. The number of anilines is 1. The largest absolute Gasteiger partial charge is 0.497 e. The Morgan fingerprint density at radius 2 is 1.84 bits per heavy atom. The fourth-order valence-corrected chi connectivity index (χ4v) is 4.29. The Labute approximate surface area is 188 Å². The Bertz CT molecular complexity index is 1090. The van der Waals surface area contributed by atoms with Crippen molar-refractivity contribution >= 4 is 28.8 Å². The SMILES string of the molecule is COc1ccc(OCC(=O)N2CCC[C@H]2c2nnc(C(=O)Nc3ccc(F)cc3)s2)cc1. The van der Waals surface area contributed by atoms with Crippen molar-refractivity contribution < 1.29 is 23.5 Å². The number of methoxy groups -OCH3 is 1. The number of carbonyl (C=O) groups is 2. The van der Waals surface area contributed by atoms with Crippen LogP contribution in [0, 0.1) is 5.82 Å². The Morgan fingerprint density at radius 1 is 1.12 bits per heavy atom. The number of aromatic nitrogens is 2. The van der Waals surface area contributed by atoms with Crippen molar-refractivity contribution in [3.8, 4) is 11.5 Å². The third-order valence-corrected chi connectivity index (χ3v) is 6.04. The highest BCUT2D eigenvalue weighted by Crippen LogP contribution is 2.34. The van der Waals surface area contributed by atoms with Crippen molar-refractivity contribution in [2.24, 2.45) is 0 Å². The van der Waals surface area contributed by atoms with Crippen molar-refractivity contribution in [3.05, 3.63) is 64.4 Å². The van der Waals surface area contributed by atoms with E-state index in [1.165, 1.54) is 24.3 Å². The highest BCUT2D eigenvalue weighted by atomic mass is 32.1. The van der Waals surface area contributed by atoms with Gasteiger partial charge >= 0.3 is 0 Å². The van der Waals surface area contributed by atoms with Gasteiger partial charge in [-0.05, 0) is 61.4 Å². The lowest BCUT2D eigenvalue weighted by Gasteiger charge is -2.22. The number of hydrogen-bond donors (Lipinski definition) is 1. The van der Waals surface area contributed by atoms with Crippen LogP contribution in [0.4, 0.5) is 10.1 Å². The minimum atomic E-state index is -0.431. The number of hydrogen-bond acceptors (Lipinski definition) is 7. The number of amides is 2. The van der Waals surface area contributed by atoms with Crippen LogP contribution in [0.1, 0.15) is 33.7 Å². The molecule has 4 rings (SSSR count). The number of ether oxygens (including phenoxy) is 2. The Morgan fingerprint density at radius 3 is 2.56 bits per heavy atom. The molecule has 10 heteroatoms. The number of halogens is 1. The van der Waals surface area contributed by atoms with Crippen LogP contribution in [0.2, 0.25) is 0 Å². The highest BCUT2D eigenvalue weighted by molar-refractivity contribution is 7.13. The molecule has 0 aliphatic carbocycles. The van der Waals surface area contributed by atoms with E-state index >= 15 is 0 Å². The normalized spacial score (nSPS) is 15.4. The van der Waals surface area contributed by atoms with Crippen molar-refractivity contribution in [3.63, 3.8) is 0 Å². The minimum absolute atomic E-state index is 0.0977. The molecule has 1 aliphatic heterocycles. The summed E-state index contributed by atoms with van der Waals surface area (Å²) in [6, 6.07) is 12.2. The van der Waals surface area contributed by atoms with Crippen LogP contribution in [0.15, 0.2) is 48.5 Å². The number of likely N-dealkylation sites (tertiary alicyclic amines) is 1. The van der Waals surface area contributed by atoms with Crippen LogP contribution in [0.3, 0.4) is 0 Å². The van der Waals surface area contributed by atoms with E-state index in [-0.39, 0.29) is 29.4 Å². The molecule has 2 heterocycles. The molecule has 32 heavy (non-hydrogen) atoms. The minimum Gasteiger partial charge on any atom is -0.497 e. The second kappa shape index (κ2) is 9.73. The third kappa shape index (κ3) is 5.02. The molecule has 0 spiro atoms. The van der Waals surface area contributed by atoms with Gasteiger partial charge in [-0.2, -0.15) is 0 Å². The Kier molecular flexibility index (Phi) is 6.60. The molecule has 166 valence electrons. The van der Waals surface area contributed by atoms with E-state index < -0.39 is 5.91 Å². The maximum Gasteiger partial charge on any atom is 0.286 e. The number of carbonyl (C=O) groups excluding carboxylic acids is 2. The molecule has 3 aromatic rings. The molecule has 0 radical (unpaired) electrons. The molecular formula is C22H21FN4O4S. The van der Waals surface area contributed by atoms with Crippen LogP contribution < -0.4 is 14.8 Å². The Balaban J connectivity index is 1.37. The van der Waals surface area contributed by atoms with Gasteiger partial charge in [0.1, 0.15) is 22.3 Å². The Hall–Kier alpha value is -3.53. The van der Waals surface area contributed by atoms with E-state index in [1.54, 1.807) is 36.3 Å². The first-order chi connectivity index (χ1) is 15.5. The van der Waals surface area contributed by atoms with Gasteiger partial charge in [0.05, 0.1) is 13.2 Å². The fourth-order valence-electron chi connectivity index (χ4n) is 3.40. The van der Waals surface area contributed by atoms with Gasteiger partial charge in [-0.15, -0.1) is 10.2 Å². The van der Waals surface area contributed by atoms with E-state index in [1.807, 2.05) is 0 Å². The number of nitrogens with one attached hydrogen (secondary N) is 1. The summed E-state index contributed by atoms with van der Waals surface area (Å²) >= 11 is 1.14. The summed E-state index contributed by atoms with van der Waals surface area (Å²) in [6.45, 7) is 0.492. The van der Waals surface area contributed by atoms with E-state index in [0.717, 1.165) is 24.2 Å². The van der Waals surface area contributed by atoms with Crippen LogP contribution in [0.5, 0.6) is 11.5 Å². The van der Waals surface area contributed by atoms with E-state index in [9.17, 15) is 14.0 Å². The molecule has 0 unspecified atom stereocenters. The molecule has 1 saturated heterocycles. The first-order valence-electron chi connectivity index (χ1n) is 10.00. The van der Waals surface area contributed by atoms with Crippen LogP contribution in [-0.4, -0.2) is 47.2 Å². The molecular weight excluding hydrogens is 435 g/mol. The summed E-state index contributed by atoms with van der Waals surface area (Å²) in [4.78, 5) is 26.9. The van der Waals surface area contributed by atoms with Gasteiger partial charge in [-0.1, -0.05) is 11.3 Å². The van der Waals surface area contributed by atoms with Gasteiger partial charge in [0.15, 0.2) is 6.61 Å². The predicted octanol–water partition coefficient (Wildman–Crippen LogP) is 3.68. The first kappa shape index (κ1) is 21.7. The molecule has 0 bridgehead atoms. The second-order valence-corrected chi connectivity index (χ2v) is 8.12. The maximum atomic E-state index is 13.0. The molecule has 1 atom stereocenters. The second-order valence-electron chi connectivity index (χ2n) is 7.12. The molecule has 1 aromatic heterocycles. The third-order valence-electron chi connectivity index (χ3n) is 5.02. The lowest BCUT2D eigenvalue weighted by Crippen LogP contribution is -2.34. The molecule has 2 amide bonds. The average Bonchev–Trinajstić information content (AvgIpc) is 3.49. The molecule has 8 nitrogen and oxygen atoms in total. The van der Waals surface area contributed by atoms with E-state index in [0.29, 0.717) is 28.7 Å². The first-order valence-corrected chi connectivity index (χ1v) is 10.8. The molecule has 1 N–H and O–H groups in total. The summed E-state index contributed by atoms with van der Waals surface area (Å²) in [5, 5.41) is 11.6. The lowest BCUT2D eigenvalue weighted by atomic mass is 10.2. The van der Waals surface area contributed by atoms with Crippen LogP contribution >= 0.6 is 11.3 Å². The van der Waals surface area contributed by atoms with Gasteiger partial charge in [-0.25, -0.2) is 4.39 Å². The van der Waals surface area contributed by atoms with Gasteiger partial charge in [0.25, 0.3) is 11.8 Å². The van der Waals surface area contributed by atoms with Crippen molar-refractivity contribution in [2.45, 2.75) is 18.9 Å². The van der Waals surface area contributed by atoms with Crippen LogP contribution in [0.25, 0.3) is 0 Å². The summed E-state index contributed by atoms with van der Waals surface area (Å²) in [5.41, 5.74) is 0.460. The number of rotatable bonds is 7. The fraction of sp³-hybridized carbons (Fsp3) is 0.273. The molecule has 0 saturated carbocycles. The molecule has 1 fully saturated rings. The van der Waals surface area contributed by atoms with Crippen molar-refractivity contribution in [1.29, 1.82) is 0 Å². The predicted molar refractivity (Wildman–Crippen MR) is 116 cm³/mol. The van der Waals surface area contributed by atoms with Gasteiger partial charge in [0, 0.05) is 12.2 Å². The smallest absolute Gasteiger partial charge is 0.286 e. The summed E-state index contributed by atoms with van der Waals surface area (Å²) in [7, 11) is 1.58. The lowest BCUT2D eigenvalue weighted by molar-refractivity contribution is -0.134.